The lowest BCUT2D eigenvalue weighted by Crippen LogP contribution is -2.52. The topological polar surface area (TPSA) is 75.4 Å². The summed E-state index contributed by atoms with van der Waals surface area (Å²) in [6.07, 6.45) is 4.33. The number of carbonyl (C=O) groups is 2. The standard InChI is InChI=1S/C15H29N3O2.ClH/c1-11(19)17-13(12-7-5-6-8-12)14(20)18(4)10-15(2,3)9-16;/h12-13H,5-10,16H2,1-4H3,(H,17,19);1H. The van der Waals surface area contributed by atoms with Crippen LogP contribution < -0.4 is 11.1 Å². The Morgan fingerprint density at radius 3 is 2.29 bits per heavy atom. The molecule has 3 N–H and O–H groups in total. The summed E-state index contributed by atoms with van der Waals surface area (Å²) in [7, 11) is 1.80. The molecule has 0 aromatic carbocycles. The van der Waals surface area contributed by atoms with Gasteiger partial charge in [0.2, 0.25) is 11.8 Å². The van der Waals surface area contributed by atoms with E-state index in [1.165, 1.54) is 6.92 Å². The fourth-order valence-electron chi connectivity index (χ4n) is 2.91. The van der Waals surface area contributed by atoms with Crippen LogP contribution in [-0.4, -0.2) is 42.9 Å². The van der Waals surface area contributed by atoms with Crippen molar-refractivity contribution in [2.75, 3.05) is 20.1 Å². The van der Waals surface area contributed by atoms with Crippen LogP contribution in [0.15, 0.2) is 0 Å². The Labute approximate surface area is 134 Å². The van der Waals surface area contributed by atoms with Gasteiger partial charge in [-0.05, 0) is 30.7 Å². The minimum absolute atomic E-state index is 0. The van der Waals surface area contributed by atoms with Gasteiger partial charge < -0.3 is 16.0 Å². The molecule has 21 heavy (non-hydrogen) atoms. The molecule has 0 saturated heterocycles. The maximum atomic E-state index is 12.6. The second kappa shape index (κ2) is 8.59. The molecule has 0 spiro atoms. The van der Waals surface area contributed by atoms with Crippen molar-refractivity contribution < 1.29 is 9.59 Å². The summed E-state index contributed by atoms with van der Waals surface area (Å²) >= 11 is 0. The quantitative estimate of drug-likeness (QED) is 0.780. The molecule has 0 aliphatic heterocycles. The Hall–Kier alpha value is -0.810. The lowest BCUT2D eigenvalue weighted by Gasteiger charge is -2.33. The Kier molecular flexibility index (Phi) is 8.26. The number of halogens is 1. The first-order valence-electron chi connectivity index (χ1n) is 7.49. The van der Waals surface area contributed by atoms with E-state index in [9.17, 15) is 9.59 Å². The van der Waals surface area contributed by atoms with E-state index in [2.05, 4.69) is 5.32 Å². The van der Waals surface area contributed by atoms with E-state index >= 15 is 0 Å². The Morgan fingerprint density at radius 2 is 1.86 bits per heavy atom. The smallest absolute Gasteiger partial charge is 0.245 e. The molecule has 1 atom stereocenters. The van der Waals surface area contributed by atoms with E-state index in [-0.39, 0.29) is 41.6 Å². The maximum absolute atomic E-state index is 12.6. The minimum atomic E-state index is -0.381. The zero-order valence-corrected chi connectivity index (χ0v) is 14.5. The van der Waals surface area contributed by atoms with Gasteiger partial charge in [-0.3, -0.25) is 9.59 Å². The third-order valence-electron chi connectivity index (χ3n) is 4.09. The van der Waals surface area contributed by atoms with E-state index in [4.69, 9.17) is 5.73 Å². The highest BCUT2D eigenvalue weighted by atomic mass is 35.5. The average molecular weight is 320 g/mol. The number of nitrogens with two attached hydrogens (primary N) is 1. The third kappa shape index (κ3) is 6.22. The minimum Gasteiger partial charge on any atom is -0.344 e. The molecule has 2 amide bonds. The van der Waals surface area contributed by atoms with Gasteiger partial charge in [0, 0.05) is 20.5 Å². The van der Waals surface area contributed by atoms with E-state index in [1.54, 1.807) is 11.9 Å². The predicted octanol–water partition coefficient (Wildman–Crippen LogP) is 1.55. The van der Waals surface area contributed by atoms with Gasteiger partial charge in [0.25, 0.3) is 0 Å². The van der Waals surface area contributed by atoms with Crippen LogP contribution in [0.1, 0.15) is 46.5 Å². The number of likely N-dealkylation sites (N-methyl/N-ethyl adjacent to an activating group) is 1. The second-order valence-electron chi connectivity index (χ2n) is 6.79. The van der Waals surface area contributed by atoms with Gasteiger partial charge in [-0.2, -0.15) is 0 Å². The molecular formula is C15H30ClN3O2. The van der Waals surface area contributed by atoms with Crippen molar-refractivity contribution in [1.29, 1.82) is 0 Å². The summed E-state index contributed by atoms with van der Waals surface area (Å²) in [5.74, 6) is 0.144. The van der Waals surface area contributed by atoms with Crippen molar-refractivity contribution in [3.8, 4) is 0 Å². The van der Waals surface area contributed by atoms with Gasteiger partial charge in [0.1, 0.15) is 6.04 Å². The molecule has 1 rings (SSSR count). The summed E-state index contributed by atoms with van der Waals surface area (Å²) in [6, 6.07) is -0.381. The highest BCUT2D eigenvalue weighted by molar-refractivity contribution is 5.87. The number of hydrogen-bond donors (Lipinski definition) is 2. The van der Waals surface area contributed by atoms with Crippen LogP contribution in [0.2, 0.25) is 0 Å². The van der Waals surface area contributed by atoms with Crippen LogP contribution in [-0.2, 0) is 9.59 Å². The molecule has 124 valence electrons. The highest BCUT2D eigenvalue weighted by Gasteiger charge is 2.34. The van der Waals surface area contributed by atoms with Gasteiger partial charge >= 0.3 is 0 Å². The third-order valence-corrected chi connectivity index (χ3v) is 4.09. The molecular weight excluding hydrogens is 290 g/mol. The number of nitrogens with zero attached hydrogens (tertiary/aromatic N) is 1. The molecule has 6 heteroatoms. The predicted molar refractivity (Wildman–Crippen MR) is 87.3 cm³/mol. The Balaban J connectivity index is 0.00000400. The van der Waals surface area contributed by atoms with Crippen molar-refractivity contribution in [1.82, 2.24) is 10.2 Å². The van der Waals surface area contributed by atoms with Crippen LogP contribution in [0.3, 0.4) is 0 Å². The summed E-state index contributed by atoms with van der Waals surface area (Å²) < 4.78 is 0. The molecule has 1 fully saturated rings. The second-order valence-corrected chi connectivity index (χ2v) is 6.79. The van der Waals surface area contributed by atoms with Crippen molar-refractivity contribution in [2.45, 2.75) is 52.5 Å². The lowest BCUT2D eigenvalue weighted by molar-refractivity contribution is -0.137. The largest absolute Gasteiger partial charge is 0.344 e. The van der Waals surface area contributed by atoms with Crippen molar-refractivity contribution in [2.24, 2.45) is 17.1 Å². The van der Waals surface area contributed by atoms with E-state index < -0.39 is 0 Å². The molecule has 1 aliphatic rings. The maximum Gasteiger partial charge on any atom is 0.245 e. The molecule has 1 unspecified atom stereocenters. The molecule has 0 aromatic heterocycles. The number of nitrogens with one attached hydrogen (secondary N) is 1. The summed E-state index contributed by atoms with van der Waals surface area (Å²) in [6.45, 7) is 6.68. The van der Waals surface area contributed by atoms with Gasteiger partial charge in [0.15, 0.2) is 0 Å². The average Bonchev–Trinajstić information content (AvgIpc) is 2.88. The first-order chi connectivity index (χ1) is 9.26. The van der Waals surface area contributed by atoms with Gasteiger partial charge in [-0.15, -0.1) is 12.4 Å². The molecule has 5 nitrogen and oxygen atoms in total. The van der Waals surface area contributed by atoms with Crippen LogP contribution in [0.25, 0.3) is 0 Å². The van der Waals surface area contributed by atoms with Crippen LogP contribution >= 0.6 is 12.4 Å². The van der Waals surface area contributed by atoms with Gasteiger partial charge in [-0.25, -0.2) is 0 Å². The van der Waals surface area contributed by atoms with E-state index in [0.29, 0.717) is 13.1 Å². The number of rotatable bonds is 6. The monoisotopic (exact) mass is 319 g/mol. The first-order valence-corrected chi connectivity index (χ1v) is 7.49. The van der Waals surface area contributed by atoms with Crippen LogP contribution in [0.5, 0.6) is 0 Å². The zero-order chi connectivity index (χ0) is 15.3. The fourth-order valence-corrected chi connectivity index (χ4v) is 2.91. The first kappa shape index (κ1) is 20.2. The number of carbonyl (C=O) groups excluding carboxylic acids is 2. The lowest BCUT2D eigenvalue weighted by atomic mass is 9.91. The highest BCUT2D eigenvalue weighted by Crippen LogP contribution is 2.29. The van der Waals surface area contributed by atoms with Gasteiger partial charge in [-0.1, -0.05) is 26.7 Å². The fraction of sp³-hybridized carbons (Fsp3) is 0.867. The van der Waals surface area contributed by atoms with Crippen LogP contribution in [0.4, 0.5) is 0 Å². The normalized spacial score (nSPS) is 17.0. The van der Waals surface area contributed by atoms with Crippen LogP contribution in [0, 0.1) is 11.3 Å². The summed E-state index contributed by atoms with van der Waals surface area (Å²) in [5, 5.41) is 2.84. The Morgan fingerprint density at radius 1 is 1.33 bits per heavy atom. The number of amides is 2. The molecule has 0 aromatic rings. The van der Waals surface area contributed by atoms with Crippen molar-refractivity contribution in [3.05, 3.63) is 0 Å². The summed E-state index contributed by atoms with van der Waals surface area (Å²) in [4.78, 5) is 25.7. The zero-order valence-electron chi connectivity index (χ0n) is 13.6. The molecule has 1 aliphatic carbocycles. The van der Waals surface area contributed by atoms with Crippen molar-refractivity contribution >= 4 is 24.2 Å². The van der Waals surface area contributed by atoms with E-state index in [0.717, 1.165) is 25.7 Å². The van der Waals surface area contributed by atoms with Crippen molar-refractivity contribution in [3.63, 3.8) is 0 Å². The SMILES string of the molecule is CC(=O)NC(C(=O)N(C)CC(C)(C)CN)C1CCCC1.Cl. The molecule has 0 radical (unpaired) electrons. The molecule has 0 heterocycles. The summed E-state index contributed by atoms with van der Waals surface area (Å²) in [5.41, 5.74) is 5.62. The molecule has 1 saturated carbocycles. The van der Waals surface area contributed by atoms with E-state index in [1.807, 2.05) is 13.8 Å². The number of hydrogen-bond acceptors (Lipinski definition) is 3. The Bertz CT molecular complexity index is 355. The molecule has 0 bridgehead atoms. The van der Waals surface area contributed by atoms with Gasteiger partial charge in [0.05, 0.1) is 0 Å².